The zero-order valence-corrected chi connectivity index (χ0v) is 18.9. The summed E-state index contributed by atoms with van der Waals surface area (Å²) in [6.07, 6.45) is 12.3. The SMILES string of the molecule is CCCCCCCOc1ccc2c(c1)C1C=CCC1C(c1ccc(C(C)C)cc1)N2. The van der Waals surface area contributed by atoms with Crippen LogP contribution >= 0.6 is 0 Å². The second-order valence-corrected chi connectivity index (χ2v) is 9.31. The van der Waals surface area contributed by atoms with Crippen molar-refractivity contribution in [2.75, 3.05) is 11.9 Å². The van der Waals surface area contributed by atoms with Gasteiger partial charge in [0, 0.05) is 11.6 Å². The maximum absolute atomic E-state index is 6.10. The van der Waals surface area contributed by atoms with E-state index >= 15 is 0 Å². The van der Waals surface area contributed by atoms with E-state index in [2.05, 4.69) is 80.7 Å². The number of hydrogen-bond donors (Lipinski definition) is 1. The number of unbranched alkanes of at least 4 members (excludes halogenated alkanes) is 4. The summed E-state index contributed by atoms with van der Waals surface area (Å²) in [7, 11) is 0. The Morgan fingerprint density at radius 2 is 1.80 bits per heavy atom. The fourth-order valence-corrected chi connectivity index (χ4v) is 4.98. The first-order valence-corrected chi connectivity index (χ1v) is 12.0. The molecule has 0 saturated carbocycles. The molecule has 0 saturated heterocycles. The summed E-state index contributed by atoms with van der Waals surface area (Å²) >= 11 is 0. The largest absolute Gasteiger partial charge is 0.494 e. The first-order chi connectivity index (χ1) is 14.7. The van der Waals surface area contributed by atoms with E-state index in [9.17, 15) is 0 Å². The molecule has 0 aromatic heterocycles. The van der Waals surface area contributed by atoms with Crippen LogP contribution in [-0.4, -0.2) is 6.61 Å². The minimum absolute atomic E-state index is 0.365. The van der Waals surface area contributed by atoms with Gasteiger partial charge < -0.3 is 10.1 Å². The van der Waals surface area contributed by atoms with Crippen molar-refractivity contribution >= 4 is 5.69 Å². The molecule has 0 fully saturated rings. The van der Waals surface area contributed by atoms with Gasteiger partial charge in [-0.05, 0) is 59.6 Å². The molecule has 30 heavy (non-hydrogen) atoms. The second-order valence-electron chi connectivity index (χ2n) is 9.31. The summed E-state index contributed by atoms with van der Waals surface area (Å²) in [5, 5.41) is 3.86. The molecule has 3 atom stereocenters. The molecule has 2 aromatic carbocycles. The lowest BCUT2D eigenvalue weighted by atomic mass is 9.77. The highest BCUT2D eigenvalue weighted by Gasteiger charge is 2.38. The molecule has 1 N–H and O–H groups in total. The minimum Gasteiger partial charge on any atom is -0.494 e. The Morgan fingerprint density at radius 1 is 1.00 bits per heavy atom. The number of benzene rings is 2. The molecule has 2 aliphatic rings. The van der Waals surface area contributed by atoms with Crippen molar-refractivity contribution in [3.8, 4) is 5.75 Å². The number of ether oxygens (including phenoxy) is 1. The van der Waals surface area contributed by atoms with E-state index in [0.29, 0.717) is 23.8 Å². The fourth-order valence-electron chi connectivity index (χ4n) is 4.98. The van der Waals surface area contributed by atoms with Crippen molar-refractivity contribution in [1.82, 2.24) is 0 Å². The molecule has 1 aliphatic carbocycles. The zero-order valence-electron chi connectivity index (χ0n) is 18.9. The van der Waals surface area contributed by atoms with Gasteiger partial charge in [-0.3, -0.25) is 0 Å². The van der Waals surface area contributed by atoms with Crippen LogP contribution in [0.3, 0.4) is 0 Å². The van der Waals surface area contributed by atoms with Crippen molar-refractivity contribution in [2.24, 2.45) is 5.92 Å². The summed E-state index contributed by atoms with van der Waals surface area (Å²) < 4.78 is 6.10. The van der Waals surface area contributed by atoms with Crippen molar-refractivity contribution in [2.45, 2.75) is 77.2 Å². The molecule has 1 aliphatic heterocycles. The predicted octanol–water partition coefficient (Wildman–Crippen LogP) is 7.99. The van der Waals surface area contributed by atoms with Gasteiger partial charge in [0.05, 0.1) is 12.6 Å². The van der Waals surface area contributed by atoms with Crippen LogP contribution in [0.2, 0.25) is 0 Å². The van der Waals surface area contributed by atoms with Crippen LogP contribution in [0.15, 0.2) is 54.6 Å². The molecule has 0 amide bonds. The second kappa shape index (κ2) is 9.73. The molecule has 0 spiro atoms. The van der Waals surface area contributed by atoms with Gasteiger partial charge in [-0.25, -0.2) is 0 Å². The van der Waals surface area contributed by atoms with Gasteiger partial charge in [0.25, 0.3) is 0 Å². The number of nitrogens with one attached hydrogen (secondary N) is 1. The average molecular weight is 404 g/mol. The third kappa shape index (κ3) is 4.58. The van der Waals surface area contributed by atoms with Gasteiger partial charge in [0.1, 0.15) is 5.75 Å². The van der Waals surface area contributed by atoms with Gasteiger partial charge in [-0.15, -0.1) is 0 Å². The van der Waals surface area contributed by atoms with E-state index in [0.717, 1.165) is 25.2 Å². The molecule has 160 valence electrons. The molecular weight excluding hydrogens is 366 g/mol. The van der Waals surface area contributed by atoms with Crippen LogP contribution in [0.1, 0.15) is 93.9 Å². The summed E-state index contributed by atoms with van der Waals surface area (Å²) in [5.41, 5.74) is 5.46. The molecule has 0 radical (unpaired) electrons. The number of hydrogen-bond acceptors (Lipinski definition) is 2. The summed E-state index contributed by atoms with van der Waals surface area (Å²) in [6.45, 7) is 7.59. The number of rotatable bonds is 9. The zero-order chi connectivity index (χ0) is 20.9. The quantitative estimate of drug-likeness (QED) is 0.338. The van der Waals surface area contributed by atoms with Crippen LogP contribution in [0, 0.1) is 5.92 Å². The fraction of sp³-hybridized carbons (Fsp3) is 0.500. The maximum Gasteiger partial charge on any atom is 0.119 e. The van der Waals surface area contributed by atoms with Crippen molar-refractivity contribution in [3.05, 3.63) is 71.3 Å². The third-order valence-corrected chi connectivity index (χ3v) is 6.81. The minimum atomic E-state index is 0.365. The molecule has 0 bridgehead atoms. The number of allylic oxidation sites excluding steroid dienone is 2. The highest BCUT2D eigenvalue weighted by Crippen LogP contribution is 2.50. The summed E-state index contributed by atoms with van der Waals surface area (Å²) in [4.78, 5) is 0. The summed E-state index contributed by atoms with van der Waals surface area (Å²) in [6, 6.07) is 16.2. The van der Waals surface area contributed by atoms with E-state index in [1.54, 1.807) is 0 Å². The Hall–Kier alpha value is -2.22. The van der Waals surface area contributed by atoms with E-state index in [1.165, 1.54) is 48.1 Å². The van der Waals surface area contributed by atoms with Gasteiger partial charge >= 0.3 is 0 Å². The Bertz CT molecular complexity index is 851. The van der Waals surface area contributed by atoms with Gasteiger partial charge in [0.15, 0.2) is 0 Å². The Kier molecular flexibility index (Phi) is 6.82. The highest BCUT2D eigenvalue weighted by atomic mass is 16.5. The molecule has 3 unspecified atom stereocenters. The van der Waals surface area contributed by atoms with E-state index in [4.69, 9.17) is 4.74 Å². The van der Waals surface area contributed by atoms with E-state index in [-0.39, 0.29) is 0 Å². The molecule has 1 heterocycles. The molecule has 4 rings (SSSR count). The smallest absolute Gasteiger partial charge is 0.119 e. The lowest BCUT2D eigenvalue weighted by Crippen LogP contribution is -2.29. The van der Waals surface area contributed by atoms with Crippen LogP contribution in [0.5, 0.6) is 5.75 Å². The van der Waals surface area contributed by atoms with Gasteiger partial charge in [-0.1, -0.05) is 82.9 Å². The first-order valence-electron chi connectivity index (χ1n) is 12.0. The Morgan fingerprint density at radius 3 is 2.57 bits per heavy atom. The Labute approximate surface area is 182 Å². The van der Waals surface area contributed by atoms with Crippen LogP contribution in [0.4, 0.5) is 5.69 Å². The van der Waals surface area contributed by atoms with Crippen molar-refractivity contribution in [3.63, 3.8) is 0 Å². The normalized spacial score (nSPS) is 21.9. The molecule has 2 aromatic rings. The number of anilines is 1. The topological polar surface area (TPSA) is 21.3 Å². The van der Waals surface area contributed by atoms with Crippen molar-refractivity contribution in [1.29, 1.82) is 0 Å². The lowest BCUT2D eigenvalue weighted by Gasteiger charge is -2.37. The van der Waals surface area contributed by atoms with Crippen molar-refractivity contribution < 1.29 is 4.74 Å². The van der Waals surface area contributed by atoms with Crippen LogP contribution < -0.4 is 10.1 Å². The van der Waals surface area contributed by atoms with E-state index in [1.807, 2.05) is 0 Å². The molecule has 2 heteroatoms. The Balaban J connectivity index is 1.46. The maximum atomic E-state index is 6.10. The highest BCUT2D eigenvalue weighted by molar-refractivity contribution is 5.61. The van der Waals surface area contributed by atoms with Crippen LogP contribution in [0.25, 0.3) is 0 Å². The number of fused-ring (bicyclic) bond motifs is 3. The first kappa shape index (κ1) is 21.0. The van der Waals surface area contributed by atoms with Gasteiger partial charge in [-0.2, -0.15) is 0 Å². The van der Waals surface area contributed by atoms with Crippen LogP contribution in [-0.2, 0) is 0 Å². The summed E-state index contributed by atoms with van der Waals surface area (Å²) in [5.74, 6) is 2.64. The standard InChI is InChI=1S/C28H37NO/c1-4-5-6-7-8-18-30-23-16-17-27-26(19-23)24-10-9-11-25(24)28(29-27)22-14-12-21(13-15-22)20(2)3/h9-10,12-17,19-20,24-25,28-29H,4-8,11,18H2,1-3H3. The lowest BCUT2D eigenvalue weighted by molar-refractivity contribution is 0.303. The van der Waals surface area contributed by atoms with E-state index < -0.39 is 0 Å². The van der Waals surface area contributed by atoms with Gasteiger partial charge in [0.2, 0.25) is 0 Å². The predicted molar refractivity (Wildman–Crippen MR) is 128 cm³/mol. The molecular formula is C28H37NO. The average Bonchev–Trinajstić information content (AvgIpc) is 3.26. The third-order valence-electron chi connectivity index (χ3n) is 6.81. The monoisotopic (exact) mass is 403 g/mol. The molecule has 2 nitrogen and oxygen atoms in total.